The molecule has 3 nitrogen and oxygen atoms in total. The summed E-state index contributed by atoms with van der Waals surface area (Å²) in [6.45, 7) is 5.56. The van der Waals surface area contributed by atoms with Crippen LogP contribution in [0.4, 0.5) is 0 Å². The van der Waals surface area contributed by atoms with Crippen LogP contribution < -0.4 is 0 Å². The molecule has 1 fully saturated rings. The van der Waals surface area contributed by atoms with Crippen LogP contribution in [0.25, 0.3) is 0 Å². The lowest BCUT2D eigenvalue weighted by atomic mass is 10.0. The van der Waals surface area contributed by atoms with Crippen molar-refractivity contribution in [3.8, 4) is 0 Å². The van der Waals surface area contributed by atoms with Crippen LogP contribution in [0.3, 0.4) is 0 Å². The summed E-state index contributed by atoms with van der Waals surface area (Å²) in [4.78, 5) is 10.7. The van der Waals surface area contributed by atoms with Crippen molar-refractivity contribution in [2.24, 2.45) is 5.92 Å². The predicted molar refractivity (Wildman–Crippen MR) is 46.5 cm³/mol. The van der Waals surface area contributed by atoms with Crippen LogP contribution >= 0.6 is 0 Å². The van der Waals surface area contributed by atoms with Crippen molar-refractivity contribution in [2.45, 2.75) is 13.5 Å². The normalized spacial score (nSPS) is 19.1. The maximum absolute atomic E-state index is 4.17. The summed E-state index contributed by atoms with van der Waals surface area (Å²) in [6.07, 6.45) is 3.59. The van der Waals surface area contributed by atoms with Gasteiger partial charge in [0.25, 0.3) is 0 Å². The summed E-state index contributed by atoms with van der Waals surface area (Å²) >= 11 is 0. The quantitative estimate of drug-likeness (QED) is 0.649. The molecule has 0 radical (unpaired) electrons. The minimum Gasteiger partial charge on any atom is -0.295 e. The Morgan fingerprint density at radius 2 is 2.08 bits per heavy atom. The van der Waals surface area contributed by atoms with Crippen molar-refractivity contribution in [1.82, 2.24) is 14.9 Å². The summed E-state index contributed by atoms with van der Waals surface area (Å²) in [7, 11) is 0. The van der Waals surface area contributed by atoms with E-state index in [-0.39, 0.29) is 0 Å². The van der Waals surface area contributed by atoms with E-state index >= 15 is 0 Å². The van der Waals surface area contributed by atoms with E-state index in [9.17, 15) is 0 Å². The van der Waals surface area contributed by atoms with Crippen LogP contribution in [0.1, 0.15) is 12.7 Å². The van der Waals surface area contributed by atoms with Crippen molar-refractivity contribution >= 4 is 0 Å². The fraction of sp³-hybridized carbons (Fsp3) is 0.556. The molecule has 64 valence electrons. The largest absolute Gasteiger partial charge is 0.295 e. The van der Waals surface area contributed by atoms with Gasteiger partial charge in [-0.3, -0.25) is 4.90 Å². The van der Waals surface area contributed by atoms with Crippen molar-refractivity contribution in [2.75, 3.05) is 13.1 Å². The minimum absolute atomic E-state index is 0.855. The molecule has 3 heteroatoms. The molecule has 12 heavy (non-hydrogen) atoms. The van der Waals surface area contributed by atoms with Gasteiger partial charge in [-0.25, -0.2) is 9.97 Å². The molecule has 0 spiro atoms. The van der Waals surface area contributed by atoms with Crippen molar-refractivity contribution < 1.29 is 0 Å². The lowest BCUT2D eigenvalue weighted by Gasteiger charge is -2.36. The molecule has 1 aliphatic rings. The Balaban J connectivity index is 1.88. The van der Waals surface area contributed by atoms with E-state index in [4.69, 9.17) is 0 Å². The molecule has 0 aromatic carbocycles. The number of aromatic nitrogens is 2. The minimum atomic E-state index is 0.855. The number of hydrogen-bond acceptors (Lipinski definition) is 3. The van der Waals surface area contributed by atoms with E-state index < -0.39 is 0 Å². The van der Waals surface area contributed by atoms with Gasteiger partial charge < -0.3 is 0 Å². The highest BCUT2D eigenvalue weighted by atomic mass is 15.2. The Labute approximate surface area is 72.4 Å². The average Bonchev–Trinajstić information content (AvgIpc) is 2.04. The number of rotatable bonds is 2. The Kier molecular flexibility index (Phi) is 2.04. The van der Waals surface area contributed by atoms with E-state index in [1.165, 1.54) is 13.1 Å². The van der Waals surface area contributed by atoms with E-state index in [0.29, 0.717) is 0 Å². The molecule has 0 unspecified atom stereocenters. The molecule has 1 aliphatic heterocycles. The van der Waals surface area contributed by atoms with Crippen LogP contribution in [0.2, 0.25) is 0 Å². The molecule has 1 saturated heterocycles. The summed E-state index contributed by atoms with van der Waals surface area (Å²) in [5, 5.41) is 0. The topological polar surface area (TPSA) is 29.0 Å². The molecular formula is C9H13N3. The molecule has 0 amide bonds. The zero-order valence-electron chi connectivity index (χ0n) is 7.27. The van der Waals surface area contributed by atoms with Crippen molar-refractivity contribution in [3.63, 3.8) is 0 Å². The van der Waals surface area contributed by atoms with Gasteiger partial charge in [0.2, 0.25) is 0 Å². The van der Waals surface area contributed by atoms with E-state index in [2.05, 4.69) is 21.8 Å². The highest BCUT2D eigenvalue weighted by Gasteiger charge is 2.22. The highest BCUT2D eigenvalue weighted by molar-refractivity contribution is 4.90. The Morgan fingerprint density at radius 3 is 2.67 bits per heavy atom. The third-order valence-corrected chi connectivity index (χ3v) is 2.12. The molecule has 2 rings (SSSR count). The molecule has 1 aromatic heterocycles. The van der Waals surface area contributed by atoms with Crippen LogP contribution in [0.5, 0.6) is 0 Å². The monoisotopic (exact) mass is 163 g/mol. The second-order valence-corrected chi connectivity index (χ2v) is 3.46. The van der Waals surface area contributed by atoms with Gasteiger partial charge in [0.15, 0.2) is 0 Å². The predicted octanol–water partition coefficient (Wildman–Crippen LogP) is 0.928. The van der Waals surface area contributed by atoms with Gasteiger partial charge in [-0.05, 0) is 12.0 Å². The first-order valence-electron chi connectivity index (χ1n) is 4.33. The second kappa shape index (κ2) is 3.19. The highest BCUT2D eigenvalue weighted by Crippen LogP contribution is 2.15. The van der Waals surface area contributed by atoms with Gasteiger partial charge in [0, 0.05) is 25.5 Å². The fourth-order valence-corrected chi connectivity index (χ4v) is 1.57. The Bertz CT molecular complexity index is 241. The van der Waals surface area contributed by atoms with Gasteiger partial charge in [0.05, 0.1) is 6.54 Å². The van der Waals surface area contributed by atoms with Crippen LogP contribution in [-0.2, 0) is 6.54 Å². The molecule has 0 atom stereocenters. The second-order valence-electron chi connectivity index (χ2n) is 3.46. The zero-order chi connectivity index (χ0) is 8.39. The smallest absolute Gasteiger partial charge is 0.142 e. The molecule has 0 saturated carbocycles. The first-order chi connectivity index (χ1) is 5.84. The van der Waals surface area contributed by atoms with Gasteiger partial charge in [-0.15, -0.1) is 0 Å². The molecule has 0 bridgehead atoms. The Hall–Kier alpha value is -0.960. The molecular weight excluding hydrogens is 150 g/mol. The van der Waals surface area contributed by atoms with Crippen LogP contribution in [0, 0.1) is 5.92 Å². The molecule has 0 N–H and O–H groups in total. The summed E-state index contributed by atoms with van der Waals surface area (Å²) in [5.41, 5.74) is 0. The van der Waals surface area contributed by atoms with Gasteiger partial charge in [-0.1, -0.05) is 6.92 Å². The lowest BCUT2D eigenvalue weighted by molar-refractivity contribution is 0.102. The van der Waals surface area contributed by atoms with Gasteiger partial charge in [0.1, 0.15) is 5.82 Å². The van der Waals surface area contributed by atoms with E-state index in [1.807, 2.05) is 6.07 Å². The van der Waals surface area contributed by atoms with Crippen molar-refractivity contribution in [3.05, 3.63) is 24.3 Å². The SMILES string of the molecule is CC1CN(Cc2ncccn2)C1. The third-order valence-electron chi connectivity index (χ3n) is 2.12. The zero-order valence-corrected chi connectivity index (χ0v) is 7.27. The molecule has 0 aliphatic carbocycles. The van der Waals surface area contributed by atoms with Crippen molar-refractivity contribution in [1.29, 1.82) is 0 Å². The first-order valence-corrected chi connectivity index (χ1v) is 4.33. The van der Waals surface area contributed by atoms with Crippen LogP contribution in [0.15, 0.2) is 18.5 Å². The van der Waals surface area contributed by atoms with E-state index in [0.717, 1.165) is 18.3 Å². The fourth-order valence-electron chi connectivity index (χ4n) is 1.57. The number of hydrogen-bond donors (Lipinski definition) is 0. The lowest BCUT2D eigenvalue weighted by Crippen LogP contribution is -2.44. The molecule has 1 aromatic rings. The van der Waals surface area contributed by atoms with Crippen LogP contribution in [-0.4, -0.2) is 28.0 Å². The van der Waals surface area contributed by atoms with Gasteiger partial charge in [-0.2, -0.15) is 0 Å². The van der Waals surface area contributed by atoms with Gasteiger partial charge >= 0.3 is 0 Å². The molecule has 2 heterocycles. The maximum atomic E-state index is 4.17. The standard InChI is InChI=1S/C9H13N3/c1-8-5-12(6-8)7-9-10-3-2-4-11-9/h2-4,8H,5-7H2,1H3. The third kappa shape index (κ3) is 1.61. The average molecular weight is 163 g/mol. The number of nitrogens with zero attached hydrogens (tertiary/aromatic N) is 3. The maximum Gasteiger partial charge on any atom is 0.142 e. The first kappa shape index (κ1) is 7.68. The van der Waals surface area contributed by atoms with E-state index in [1.54, 1.807) is 12.4 Å². The number of likely N-dealkylation sites (tertiary alicyclic amines) is 1. The Morgan fingerprint density at radius 1 is 1.42 bits per heavy atom. The summed E-state index contributed by atoms with van der Waals surface area (Å²) in [5.74, 6) is 1.79. The summed E-state index contributed by atoms with van der Waals surface area (Å²) in [6, 6.07) is 1.85. The summed E-state index contributed by atoms with van der Waals surface area (Å²) < 4.78 is 0.